The van der Waals surface area contributed by atoms with Gasteiger partial charge in [0.05, 0.1) is 23.7 Å². The second-order valence-electron chi connectivity index (χ2n) is 5.91. The number of hydrogen-bond donors (Lipinski definition) is 1. The van der Waals surface area contributed by atoms with Gasteiger partial charge in [0.2, 0.25) is 5.75 Å². The second kappa shape index (κ2) is 10.5. The molecule has 2 rings (SSSR count). The monoisotopic (exact) mass is 454 g/mol. The Labute approximate surface area is 180 Å². The van der Waals surface area contributed by atoms with E-state index >= 15 is 0 Å². The zero-order chi connectivity index (χ0) is 23.1. The van der Waals surface area contributed by atoms with Crippen molar-refractivity contribution in [2.75, 3.05) is 25.1 Å². The molecular formula is C19H19FN2O8S. The van der Waals surface area contributed by atoms with E-state index in [9.17, 15) is 28.9 Å². The predicted octanol–water partition coefficient (Wildman–Crippen LogP) is 3.47. The molecule has 12 heteroatoms. The van der Waals surface area contributed by atoms with Gasteiger partial charge in [0.25, 0.3) is 5.91 Å². The van der Waals surface area contributed by atoms with Crippen LogP contribution in [0.2, 0.25) is 0 Å². The van der Waals surface area contributed by atoms with Crippen molar-refractivity contribution < 1.29 is 37.9 Å². The number of benzene rings is 1. The van der Waals surface area contributed by atoms with Gasteiger partial charge in [-0.05, 0) is 32.4 Å². The Morgan fingerprint density at radius 3 is 2.42 bits per heavy atom. The number of nitro benzene ring substituents is 1. The number of hydrogen-bond acceptors (Lipinski definition) is 9. The van der Waals surface area contributed by atoms with Gasteiger partial charge in [-0.15, -0.1) is 11.3 Å². The molecule has 0 aliphatic rings. The third kappa shape index (κ3) is 5.75. The first-order valence-electron chi connectivity index (χ1n) is 9.03. The summed E-state index contributed by atoms with van der Waals surface area (Å²) in [4.78, 5) is 47.2. The number of thiophene rings is 1. The molecule has 1 aromatic carbocycles. The molecule has 0 fully saturated rings. The lowest BCUT2D eigenvalue weighted by molar-refractivity contribution is -0.385. The lowest BCUT2D eigenvalue weighted by atomic mass is 10.1. The van der Waals surface area contributed by atoms with E-state index in [1.807, 2.05) is 0 Å². The first-order valence-corrected chi connectivity index (χ1v) is 9.85. The Morgan fingerprint density at radius 2 is 1.81 bits per heavy atom. The van der Waals surface area contributed by atoms with Crippen LogP contribution in [-0.4, -0.2) is 42.6 Å². The minimum absolute atomic E-state index is 0.0139. The molecule has 0 aliphatic heterocycles. The zero-order valence-corrected chi connectivity index (χ0v) is 17.7. The first-order chi connectivity index (χ1) is 14.7. The van der Waals surface area contributed by atoms with Crippen LogP contribution in [-0.2, 0) is 14.3 Å². The molecule has 0 atom stereocenters. The van der Waals surface area contributed by atoms with E-state index < -0.39 is 46.6 Å². The predicted molar refractivity (Wildman–Crippen MR) is 108 cm³/mol. The van der Waals surface area contributed by atoms with Crippen LogP contribution in [0.1, 0.15) is 39.4 Å². The number of anilines is 1. The highest BCUT2D eigenvalue weighted by Crippen LogP contribution is 2.34. The largest absolute Gasteiger partial charge is 0.477 e. The maximum Gasteiger partial charge on any atom is 0.348 e. The van der Waals surface area contributed by atoms with E-state index in [4.69, 9.17) is 14.2 Å². The van der Waals surface area contributed by atoms with Crippen LogP contribution in [0.5, 0.6) is 5.75 Å². The topological polar surface area (TPSA) is 134 Å². The van der Waals surface area contributed by atoms with Gasteiger partial charge in [-0.3, -0.25) is 14.9 Å². The molecule has 0 saturated heterocycles. The van der Waals surface area contributed by atoms with Crippen molar-refractivity contribution in [3.8, 4) is 5.75 Å². The maximum absolute atomic E-state index is 13.4. The summed E-state index contributed by atoms with van der Waals surface area (Å²) in [6, 6.07) is 2.58. The van der Waals surface area contributed by atoms with Gasteiger partial charge in [-0.2, -0.15) is 0 Å². The van der Waals surface area contributed by atoms with Crippen LogP contribution < -0.4 is 10.1 Å². The van der Waals surface area contributed by atoms with Crippen LogP contribution in [0.3, 0.4) is 0 Å². The summed E-state index contributed by atoms with van der Waals surface area (Å²) in [5, 5.41) is 13.5. The second-order valence-corrected chi connectivity index (χ2v) is 6.93. The fraction of sp³-hybridized carbons (Fsp3) is 0.316. The van der Waals surface area contributed by atoms with E-state index in [1.54, 1.807) is 13.8 Å². The highest BCUT2D eigenvalue weighted by atomic mass is 32.1. The van der Waals surface area contributed by atoms with Crippen LogP contribution in [0.4, 0.5) is 15.1 Å². The highest BCUT2D eigenvalue weighted by molar-refractivity contribution is 7.18. The van der Waals surface area contributed by atoms with Crippen molar-refractivity contribution in [2.45, 2.75) is 20.8 Å². The number of nitrogens with one attached hydrogen (secondary N) is 1. The molecule has 1 N–H and O–H groups in total. The molecule has 0 unspecified atom stereocenters. The van der Waals surface area contributed by atoms with Crippen molar-refractivity contribution in [2.24, 2.45) is 0 Å². The van der Waals surface area contributed by atoms with Crippen LogP contribution in [0, 0.1) is 22.9 Å². The number of ether oxygens (including phenoxy) is 3. The summed E-state index contributed by atoms with van der Waals surface area (Å²) >= 11 is 0.818. The Hall–Kier alpha value is -3.54. The molecule has 2 aromatic rings. The van der Waals surface area contributed by atoms with Gasteiger partial charge >= 0.3 is 17.6 Å². The summed E-state index contributed by atoms with van der Waals surface area (Å²) in [7, 11) is 0. The summed E-state index contributed by atoms with van der Waals surface area (Å²) < 4.78 is 28.4. The highest BCUT2D eigenvalue weighted by Gasteiger charge is 2.27. The summed E-state index contributed by atoms with van der Waals surface area (Å²) in [6.45, 7) is 4.22. The third-order valence-electron chi connectivity index (χ3n) is 3.82. The number of esters is 2. The fourth-order valence-electron chi connectivity index (χ4n) is 2.50. The average molecular weight is 454 g/mol. The third-order valence-corrected chi connectivity index (χ3v) is 5.00. The Bertz CT molecular complexity index is 1020. The Balaban J connectivity index is 2.25. The molecule has 1 aromatic heterocycles. The molecule has 1 amide bonds. The van der Waals surface area contributed by atoms with Gasteiger partial charge in [0.1, 0.15) is 15.7 Å². The van der Waals surface area contributed by atoms with E-state index in [0.29, 0.717) is 0 Å². The number of nitro groups is 1. The van der Waals surface area contributed by atoms with Gasteiger partial charge in [0, 0.05) is 12.1 Å². The molecule has 166 valence electrons. The first kappa shape index (κ1) is 23.7. The number of rotatable bonds is 9. The Kier molecular flexibility index (Phi) is 8.02. The molecule has 0 aliphatic carbocycles. The van der Waals surface area contributed by atoms with Crippen LogP contribution in [0.25, 0.3) is 0 Å². The average Bonchev–Trinajstić information content (AvgIpc) is 3.02. The minimum atomic E-state index is -0.791. The standard InChI is InChI=1S/C19H19FN2O8S/c1-4-28-18(24)15-10(3)16(19(25)29-5-2)31-17(15)21-14(23)9-30-13-8-11(20)6-7-12(13)22(26)27/h6-8H,4-5,9H2,1-3H3,(H,21,23). The molecule has 0 radical (unpaired) electrons. The molecule has 0 spiro atoms. The molecule has 31 heavy (non-hydrogen) atoms. The maximum atomic E-state index is 13.4. The number of carbonyl (C=O) groups is 3. The number of amides is 1. The van der Waals surface area contributed by atoms with E-state index in [-0.39, 0.29) is 34.2 Å². The number of nitrogens with zero attached hydrogens (tertiary/aromatic N) is 1. The molecule has 0 saturated carbocycles. The smallest absolute Gasteiger partial charge is 0.348 e. The molecular weight excluding hydrogens is 435 g/mol. The van der Waals surface area contributed by atoms with Gasteiger partial charge in [0.15, 0.2) is 6.61 Å². The van der Waals surface area contributed by atoms with E-state index in [0.717, 1.165) is 29.5 Å². The van der Waals surface area contributed by atoms with E-state index in [2.05, 4.69) is 5.32 Å². The normalized spacial score (nSPS) is 10.3. The molecule has 1 heterocycles. The van der Waals surface area contributed by atoms with E-state index in [1.165, 1.54) is 6.92 Å². The van der Waals surface area contributed by atoms with Crippen LogP contribution >= 0.6 is 11.3 Å². The van der Waals surface area contributed by atoms with Crippen molar-refractivity contribution in [1.82, 2.24) is 0 Å². The molecule has 0 bridgehead atoms. The molecule has 10 nitrogen and oxygen atoms in total. The summed E-state index contributed by atoms with van der Waals surface area (Å²) in [5.41, 5.74) is -0.253. The van der Waals surface area contributed by atoms with Crippen LogP contribution in [0.15, 0.2) is 18.2 Å². The van der Waals surface area contributed by atoms with Gasteiger partial charge in [-0.25, -0.2) is 14.0 Å². The fourth-order valence-corrected chi connectivity index (χ4v) is 3.61. The zero-order valence-electron chi connectivity index (χ0n) is 16.9. The van der Waals surface area contributed by atoms with Crippen molar-refractivity contribution in [1.29, 1.82) is 0 Å². The Morgan fingerprint density at radius 1 is 1.16 bits per heavy atom. The van der Waals surface area contributed by atoms with Crippen molar-refractivity contribution in [3.63, 3.8) is 0 Å². The SMILES string of the molecule is CCOC(=O)c1sc(NC(=O)COc2cc(F)ccc2[N+](=O)[O-])c(C(=O)OCC)c1C. The lowest BCUT2D eigenvalue weighted by Gasteiger charge is -2.09. The number of halogens is 1. The summed E-state index contributed by atoms with van der Waals surface area (Å²) in [6.07, 6.45) is 0. The lowest BCUT2D eigenvalue weighted by Crippen LogP contribution is -2.21. The van der Waals surface area contributed by atoms with Gasteiger partial charge in [-0.1, -0.05) is 0 Å². The minimum Gasteiger partial charge on any atom is -0.477 e. The van der Waals surface area contributed by atoms with Gasteiger partial charge < -0.3 is 19.5 Å². The quantitative estimate of drug-likeness (QED) is 0.346. The van der Waals surface area contributed by atoms with Crippen molar-refractivity contribution >= 4 is 39.9 Å². The van der Waals surface area contributed by atoms with Crippen molar-refractivity contribution in [3.05, 3.63) is 50.1 Å². The summed E-state index contributed by atoms with van der Waals surface area (Å²) in [5.74, 6) is -3.41. The number of carbonyl (C=O) groups excluding carboxylic acids is 3.